The highest BCUT2D eigenvalue weighted by molar-refractivity contribution is 7.18. The summed E-state index contributed by atoms with van der Waals surface area (Å²) < 4.78 is 15.8. The quantitative estimate of drug-likeness (QED) is 0.328. The molecule has 0 bridgehead atoms. The van der Waals surface area contributed by atoms with Crippen LogP contribution in [0.5, 0.6) is 17.2 Å². The van der Waals surface area contributed by atoms with Gasteiger partial charge >= 0.3 is 11.8 Å². The van der Waals surface area contributed by atoms with Crippen LogP contribution < -0.4 is 25.0 Å². The fourth-order valence-corrected chi connectivity index (χ4v) is 3.31. The Kier molecular flexibility index (Phi) is 7.12. The normalized spacial score (nSPS) is 10.5. The summed E-state index contributed by atoms with van der Waals surface area (Å²) in [6.45, 7) is 0. The van der Waals surface area contributed by atoms with Crippen molar-refractivity contribution >= 4 is 34.5 Å². The van der Waals surface area contributed by atoms with Crippen LogP contribution in [0.4, 0.5) is 5.13 Å². The van der Waals surface area contributed by atoms with Crippen LogP contribution in [0.15, 0.2) is 47.6 Å². The molecule has 0 radical (unpaired) electrons. The summed E-state index contributed by atoms with van der Waals surface area (Å²) in [6.07, 6.45) is 1.32. The topological polar surface area (TPSA) is 124 Å². The number of nitrogens with one attached hydrogen (secondary N) is 2. The summed E-state index contributed by atoms with van der Waals surface area (Å²) in [5.41, 5.74) is 3.53. The van der Waals surface area contributed by atoms with E-state index in [0.29, 0.717) is 27.8 Å². The first-order chi connectivity index (χ1) is 15.1. The number of hydrogen-bond acceptors (Lipinski definition) is 9. The molecule has 10 nitrogen and oxygen atoms in total. The molecule has 0 atom stereocenters. The monoisotopic (exact) mass is 441 g/mol. The fourth-order valence-electron chi connectivity index (χ4n) is 2.56. The molecule has 0 aliphatic carbocycles. The molecule has 2 N–H and O–H groups in total. The number of carbonyl (C=O) groups excluding carboxylic acids is 2. The van der Waals surface area contributed by atoms with Gasteiger partial charge in [-0.3, -0.25) is 14.9 Å². The van der Waals surface area contributed by atoms with Crippen molar-refractivity contribution in [3.8, 4) is 27.8 Å². The zero-order valence-electron chi connectivity index (χ0n) is 16.9. The number of nitrogens with zero attached hydrogens (tertiary/aromatic N) is 3. The molecule has 1 aromatic heterocycles. The van der Waals surface area contributed by atoms with Gasteiger partial charge in [-0.2, -0.15) is 5.10 Å². The van der Waals surface area contributed by atoms with Gasteiger partial charge in [0.1, 0.15) is 5.01 Å². The third kappa shape index (κ3) is 5.14. The van der Waals surface area contributed by atoms with Crippen molar-refractivity contribution in [2.24, 2.45) is 5.10 Å². The molecule has 11 heteroatoms. The van der Waals surface area contributed by atoms with Crippen LogP contribution in [-0.2, 0) is 9.59 Å². The summed E-state index contributed by atoms with van der Waals surface area (Å²) in [5, 5.41) is 14.9. The van der Waals surface area contributed by atoms with Gasteiger partial charge in [-0.25, -0.2) is 5.43 Å². The number of anilines is 1. The predicted octanol–water partition coefficient (Wildman–Crippen LogP) is 2.32. The number of methoxy groups -OCH3 is 3. The molecule has 0 fully saturated rings. The zero-order valence-corrected chi connectivity index (χ0v) is 17.7. The van der Waals surface area contributed by atoms with Crippen LogP contribution in [0.3, 0.4) is 0 Å². The van der Waals surface area contributed by atoms with E-state index in [1.165, 1.54) is 27.5 Å². The highest BCUT2D eigenvalue weighted by atomic mass is 32.1. The first-order valence-electron chi connectivity index (χ1n) is 8.89. The second-order valence-corrected chi connectivity index (χ2v) is 6.83. The van der Waals surface area contributed by atoms with Gasteiger partial charge in [-0.15, -0.1) is 10.2 Å². The number of rotatable bonds is 7. The summed E-state index contributed by atoms with van der Waals surface area (Å²) in [6, 6.07) is 12.7. The minimum atomic E-state index is -0.966. The van der Waals surface area contributed by atoms with E-state index in [1.807, 2.05) is 30.3 Å². The van der Waals surface area contributed by atoms with E-state index >= 15 is 0 Å². The predicted molar refractivity (Wildman–Crippen MR) is 116 cm³/mol. The number of ether oxygens (including phenoxy) is 3. The average molecular weight is 441 g/mol. The molecule has 0 saturated carbocycles. The number of benzene rings is 2. The van der Waals surface area contributed by atoms with Gasteiger partial charge in [0.25, 0.3) is 0 Å². The summed E-state index contributed by atoms with van der Waals surface area (Å²) in [4.78, 5) is 24.1. The lowest BCUT2D eigenvalue weighted by Crippen LogP contribution is -2.32. The largest absolute Gasteiger partial charge is 0.493 e. The Hall–Kier alpha value is -3.99. The summed E-state index contributed by atoms with van der Waals surface area (Å²) in [5.74, 6) is -0.665. The van der Waals surface area contributed by atoms with Gasteiger partial charge in [0, 0.05) is 11.1 Å². The van der Waals surface area contributed by atoms with Crippen LogP contribution in [0.2, 0.25) is 0 Å². The van der Waals surface area contributed by atoms with Crippen LogP contribution in [-0.4, -0.2) is 49.6 Å². The van der Waals surface area contributed by atoms with Crippen molar-refractivity contribution < 1.29 is 23.8 Å². The molecule has 0 saturated heterocycles. The Morgan fingerprint density at radius 1 is 0.935 bits per heavy atom. The lowest BCUT2D eigenvalue weighted by atomic mass is 10.2. The van der Waals surface area contributed by atoms with Gasteiger partial charge in [0.2, 0.25) is 10.9 Å². The van der Waals surface area contributed by atoms with Crippen LogP contribution in [0, 0.1) is 0 Å². The maximum absolute atomic E-state index is 12.1. The third-order valence-corrected chi connectivity index (χ3v) is 4.86. The molecule has 0 unspecified atom stereocenters. The highest BCUT2D eigenvalue weighted by Crippen LogP contribution is 2.38. The summed E-state index contributed by atoms with van der Waals surface area (Å²) >= 11 is 1.15. The number of carbonyl (C=O) groups is 2. The SMILES string of the molecule is COc1ccc(/C=N\NC(=O)C(=O)Nc2nnc(-c3ccccc3)s2)c(OC)c1OC. The molecule has 160 valence electrons. The third-order valence-electron chi connectivity index (χ3n) is 3.98. The molecule has 3 rings (SSSR count). The molecule has 31 heavy (non-hydrogen) atoms. The maximum Gasteiger partial charge on any atom is 0.329 e. The molecule has 2 aromatic carbocycles. The Morgan fingerprint density at radius 2 is 1.68 bits per heavy atom. The number of amides is 2. The van der Waals surface area contributed by atoms with Crippen LogP contribution in [0.1, 0.15) is 5.56 Å². The number of hydrazone groups is 1. The van der Waals surface area contributed by atoms with E-state index in [2.05, 4.69) is 26.0 Å². The Balaban J connectivity index is 1.63. The van der Waals surface area contributed by atoms with E-state index in [0.717, 1.165) is 16.9 Å². The van der Waals surface area contributed by atoms with Crippen molar-refractivity contribution in [1.82, 2.24) is 15.6 Å². The van der Waals surface area contributed by atoms with Gasteiger partial charge in [-0.1, -0.05) is 41.7 Å². The first-order valence-corrected chi connectivity index (χ1v) is 9.71. The minimum absolute atomic E-state index is 0.199. The lowest BCUT2D eigenvalue weighted by molar-refractivity contribution is -0.136. The molecule has 0 spiro atoms. The zero-order chi connectivity index (χ0) is 22.2. The number of hydrogen-bond donors (Lipinski definition) is 2. The number of aromatic nitrogens is 2. The van der Waals surface area contributed by atoms with Crippen molar-refractivity contribution in [3.63, 3.8) is 0 Å². The molecule has 3 aromatic rings. The van der Waals surface area contributed by atoms with Crippen molar-refractivity contribution in [2.45, 2.75) is 0 Å². The average Bonchev–Trinajstić information content (AvgIpc) is 3.27. The summed E-state index contributed by atoms with van der Waals surface area (Å²) in [7, 11) is 4.45. The second-order valence-electron chi connectivity index (χ2n) is 5.86. The van der Waals surface area contributed by atoms with Gasteiger partial charge in [0.15, 0.2) is 11.5 Å². The Morgan fingerprint density at radius 3 is 2.35 bits per heavy atom. The highest BCUT2D eigenvalue weighted by Gasteiger charge is 2.17. The van der Waals surface area contributed by atoms with Crippen molar-refractivity contribution in [2.75, 3.05) is 26.6 Å². The molecule has 2 amide bonds. The fraction of sp³-hybridized carbons (Fsp3) is 0.150. The smallest absolute Gasteiger partial charge is 0.329 e. The maximum atomic E-state index is 12.1. The standard InChI is InChI=1S/C20H19N5O5S/c1-28-14-10-9-13(15(29-2)16(14)30-3)11-21-23-18(27)17(26)22-20-25-24-19(31-20)12-7-5-4-6-8-12/h4-11H,1-3H3,(H,23,27)(H,22,25,26)/b21-11-. The van der Waals surface area contributed by atoms with E-state index in [1.54, 1.807) is 12.1 Å². The van der Waals surface area contributed by atoms with E-state index < -0.39 is 11.8 Å². The molecular weight excluding hydrogens is 422 g/mol. The van der Waals surface area contributed by atoms with Crippen molar-refractivity contribution in [3.05, 3.63) is 48.0 Å². The molecular formula is C20H19N5O5S. The minimum Gasteiger partial charge on any atom is -0.493 e. The van der Waals surface area contributed by atoms with Crippen LogP contribution in [0.25, 0.3) is 10.6 Å². The molecule has 1 heterocycles. The van der Waals surface area contributed by atoms with E-state index in [-0.39, 0.29) is 5.13 Å². The Labute approximate surface area is 181 Å². The Bertz CT molecular complexity index is 1100. The van der Waals surface area contributed by atoms with Crippen molar-refractivity contribution in [1.29, 1.82) is 0 Å². The van der Waals surface area contributed by atoms with Gasteiger partial charge in [0.05, 0.1) is 27.5 Å². The lowest BCUT2D eigenvalue weighted by Gasteiger charge is -2.13. The van der Waals surface area contributed by atoms with E-state index in [9.17, 15) is 9.59 Å². The second kappa shape index (κ2) is 10.2. The van der Waals surface area contributed by atoms with Gasteiger partial charge < -0.3 is 14.2 Å². The van der Waals surface area contributed by atoms with Gasteiger partial charge in [-0.05, 0) is 12.1 Å². The molecule has 0 aliphatic heterocycles. The van der Waals surface area contributed by atoms with E-state index in [4.69, 9.17) is 14.2 Å². The first kappa shape index (κ1) is 21.7. The van der Waals surface area contributed by atoms with Crippen LogP contribution >= 0.6 is 11.3 Å². The molecule has 0 aliphatic rings.